The molecule has 1 aromatic carbocycles. The number of carboxylic acid groups (broad SMARTS) is 1. The lowest BCUT2D eigenvalue weighted by molar-refractivity contribution is 0.0699. The van der Waals surface area contributed by atoms with Gasteiger partial charge in [-0.25, -0.2) is 4.79 Å². The minimum absolute atomic E-state index is 0.358. The van der Waals surface area contributed by atoms with Gasteiger partial charge in [-0.15, -0.1) is 0 Å². The number of benzene rings is 1. The van der Waals surface area contributed by atoms with Crippen LogP contribution in [0.5, 0.6) is 0 Å². The van der Waals surface area contributed by atoms with E-state index >= 15 is 0 Å². The van der Waals surface area contributed by atoms with Crippen LogP contribution >= 0.6 is 0 Å². The van der Waals surface area contributed by atoms with Crippen molar-refractivity contribution in [2.24, 2.45) is 0 Å². The Balaban J connectivity index is 2.88. The van der Waals surface area contributed by atoms with Crippen LogP contribution < -0.4 is 0 Å². The Bertz CT molecular complexity index is 471. The predicted octanol–water partition coefficient (Wildman–Crippen LogP) is 2.17. The largest absolute Gasteiger partial charge is 0.478 e. The third kappa shape index (κ3) is 1.09. The van der Waals surface area contributed by atoms with Gasteiger partial charge in [0.1, 0.15) is 0 Å². The van der Waals surface area contributed by atoms with E-state index in [1.165, 1.54) is 0 Å². The second-order valence-corrected chi connectivity index (χ2v) is 3.00. The summed E-state index contributed by atoms with van der Waals surface area (Å²) in [5.74, 6) is -0.881. The van der Waals surface area contributed by atoms with E-state index in [0.717, 1.165) is 16.5 Å². The molecule has 0 saturated carbocycles. The van der Waals surface area contributed by atoms with Crippen LogP contribution in [0.25, 0.3) is 10.9 Å². The van der Waals surface area contributed by atoms with Crippen molar-refractivity contribution >= 4 is 16.9 Å². The number of nitrogens with one attached hydrogen (secondary N) is 1. The van der Waals surface area contributed by atoms with Gasteiger partial charge >= 0.3 is 5.97 Å². The molecule has 0 saturated heterocycles. The molecule has 0 amide bonds. The van der Waals surface area contributed by atoms with Gasteiger partial charge in [-0.2, -0.15) is 0 Å². The Hall–Kier alpha value is -1.77. The van der Waals surface area contributed by atoms with Gasteiger partial charge in [0.25, 0.3) is 0 Å². The standard InChI is InChI=1S/C10H9NO2/c1-6-5-11-8-4-2-3-7(9(6)8)10(12)13/h2-5,11H,1H3,(H,12,13). The maximum atomic E-state index is 10.9. The molecule has 2 N–H and O–H groups in total. The fourth-order valence-electron chi connectivity index (χ4n) is 1.53. The summed E-state index contributed by atoms with van der Waals surface area (Å²) in [5, 5.41) is 9.71. The third-order valence-electron chi connectivity index (χ3n) is 2.13. The van der Waals surface area contributed by atoms with Crippen molar-refractivity contribution in [2.45, 2.75) is 6.92 Å². The van der Waals surface area contributed by atoms with Crippen molar-refractivity contribution < 1.29 is 9.90 Å². The quantitative estimate of drug-likeness (QED) is 0.697. The van der Waals surface area contributed by atoms with Crippen LogP contribution in [0, 0.1) is 6.92 Å². The number of carbonyl (C=O) groups is 1. The van der Waals surface area contributed by atoms with Gasteiger partial charge in [0.2, 0.25) is 0 Å². The van der Waals surface area contributed by atoms with Crippen molar-refractivity contribution in [1.29, 1.82) is 0 Å². The second kappa shape index (κ2) is 2.62. The molecule has 2 rings (SSSR count). The first-order chi connectivity index (χ1) is 6.20. The van der Waals surface area contributed by atoms with E-state index in [4.69, 9.17) is 5.11 Å². The Kier molecular flexibility index (Phi) is 1.59. The topological polar surface area (TPSA) is 53.1 Å². The average molecular weight is 175 g/mol. The van der Waals surface area contributed by atoms with Crippen molar-refractivity contribution in [1.82, 2.24) is 4.98 Å². The average Bonchev–Trinajstić information content (AvgIpc) is 2.48. The summed E-state index contributed by atoms with van der Waals surface area (Å²) in [5.41, 5.74) is 2.20. The molecular weight excluding hydrogens is 166 g/mol. The van der Waals surface area contributed by atoms with Crippen LogP contribution in [0.1, 0.15) is 15.9 Å². The van der Waals surface area contributed by atoms with Gasteiger partial charge < -0.3 is 10.1 Å². The van der Waals surface area contributed by atoms with Gasteiger partial charge in [-0.3, -0.25) is 0 Å². The van der Waals surface area contributed by atoms with Gasteiger partial charge in [0, 0.05) is 17.1 Å². The monoisotopic (exact) mass is 175 g/mol. The molecule has 1 aromatic heterocycles. The zero-order valence-electron chi connectivity index (χ0n) is 7.16. The van der Waals surface area contributed by atoms with Crippen LogP contribution in [-0.4, -0.2) is 16.1 Å². The van der Waals surface area contributed by atoms with Gasteiger partial charge in [0.15, 0.2) is 0 Å². The molecule has 0 spiro atoms. The Morgan fingerprint density at radius 3 is 2.92 bits per heavy atom. The fourth-order valence-corrected chi connectivity index (χ4v) is 1.53. The summed E-state index contributed by atoms with van der Waals surface area (Å²) < 4.78 is 0. The molecule has 0 radical (unpaired) electrons. The lowest BCUT2D eigenvalue weighted by atomic mass is 10.1. The highest BCUT2D eigenvalue weighted by atomic mass is 16.4. The molecule has 0 fully saturated rings. The minimum Gasteiger partial charge on any atom is -0.478 e. The van der Waals surface area contributed by atoms with Crippen molar-refractivity contribution in [3.8, 4) is 0 Å². The lowest BCUT2D eigenvalue weighted by Gasteiger charge is -1.97. The van der Waals surface area contributed by atoms with Crippen LogP contribution in [0.4, 0.5) is 0 Å². The minimum atomic E-state index is -0.881. The first kappa shape index (κ1) is 7.86. The molecule has 0 aliphatic rings. The smallest absolute Gasteiger partial charge is 0.336 e. The number of rotatable bonds is 1. The maximum Gasteiger partial charge on any atom is 0.336 e. The molecule has 66 valence electrons. The molecule has 3 heteroatoms. The summed E-state index contributed by atoms with van der Waals surface area (Å²) in [7, 11) is 0. The summed E-state index contributed by atoms with van der Waals surface area (Å²) >= 11 is 0. The highest BCUT2D eigenvalue weighted by Crippen LogP contribution is 2.21. The number of aromatic nitrogens is 1. The molecule has 3 nitrogen and oxygen atoms in total. The van der Waals surface area contributed by atoms with Crippen LogP contribution in [-0.2, 0) is 0 Å². The van der Waals surface area contributed by atoms with E-state index in [-0.39, 0.29) is 0 Å². The number of H-pyrrole nitrogens is 1. The zero-order chi connectivity index (χ0) is 9.42. The summed E-state index contributed by atoms with van der Waals surface area (Å²) in [4.78, 5) is 13.9. The Morgan fingerprint density at radius 2 is 2.23 bits per heavy atom. The molecule has 0 unspecified atom stereocenters. The van der Waals surface area contributed by atoms with E-state index in [0.29, 0.717) is 5.56 Å². The van der Waals surface area contributed by atoms with Crippen molar-refractivity contribution in [2.75, 3.05) is 0 Å². The van der Waals surface area contributed by atoms with Crippen molar-refractivity contribution in [3.63, 3.8) is 0 Å². The molecule has 2 aromatic rings. The van der Waals surface area contributed by atoms with Gasteiger partial charge in [-0.1, -0.05) is 6.07 Å². The predicted molar refractivity (Wildman–Crippen MR) is 50.0 cm³/mol. The van der Waals surface area contributed by atoms with E-state index in [1.807, 2.05) is 19.2 Å². The van der Waals surface area contributed by atoms with Crippen LogP contribution in [0.3, 0.4) is 0 Å². The number of hydrogen-bond acceptors (Lipinski definition) is 1. The molecule has 0 bridgehead atoms. The Labute approximate surface area is 75.0 Å². The van der Waals surface area contributed by atoms with E-state index in [2.05, 4.69) is 4.98 Å². The summed E-state index contributed by atoms with van der Waals surface area (Å²) in [6.07, 6.45) is 1.82. The Morgan fingerprint density at radius 1 is 1.46 bits per heavy atom. The molecular formula is C10H9NO2. The number of carboxylic acids is 1. The second-order valence-electron chi connectivity index (χ2n) is 3.00. The highest BCUT2D eigenvalue weighted by molar-refractivity contribution is 6.04. The van der Waals surface area contributed by atoms with E-state index in [1.54, 1.807) is 12.1 Å². The number of aryl methyl sites for hydroxylation is 1. The molecule has 13 heavy (non-hydrogen) atoms. The zero-order valence-corrected chi connectivity index (χ0v) is 7.16. The van der Waals surface area contributed by atoms with Crippen LogP contribution in [0.15, 0.2) is 24.4 Å². The van der Waals surface area contributed by atoms with E-state index < -0.39 is 5.97 Å². The number of hydrogen-bond donors (Lipinski definition) is 2. The normalized spacial score (nSPS) is 10.5. The number of fused-ring (bicyclic) bond motifs is 1. The van der Waals surface area contributed by atoms with Crippen molar-refractivity contribution in [3.05, 3.63) is 35.5 Å². The summed E-state index contributed by atoms with van der Waals surface area (Å²) in [6, 6.07) is 5.22. The summed E-state index contributed by atoms with van der Waals surface area (Å²) in [6.45, 7) is 1.89. The van der Waals surface area contributed by atoms with E-state index in [9.17, 15) is 4.79 Å². The molecule has 0 aliphatic heterocycles. The highest BCUT2D eigenvalue weighted by Gasteiger charge is 2.10. The van der Waals surface area contributed by atoms with Gasteiger partial charge in [-0.05, 0) is 24.6 Å². The van der Waals surface area contributed by atoms with Gasteiger partial charge in [0.05, 0.1) is 5.56 Å². The number of aromatic amines is 1. The third-order valence-corrected chi connectivity index (χ3v) is 2.13. The maximum absolute atomic E-state index is 10.9. The van der Waals surface area contributed by atoms with Crippen LogP contribution in [0.2, 0.25) is 0 Å². The molecule has 0 atom stereocenters. The first-order valence-electron chi connectivity index (χ1n) is 4.00. The fraction of sp³-hybridized carbons (Fsp3) is 0.100. The number of aromatic carboxylic acids is 1. The molecule has 1 heterocycles. The molecule has 0 aliphatic carbocycles. The first-order valence-corrected chi connectivity index (χ1v) is 4.00. The SMILES string of the molecule is Cc1c[nH]c2cccc(C(=O)O)c12. The lowest BCUT2D eigenvalue weighted by Crippen LogP contribution is -1.96.